The molecular formula is C8H9ClFNO2S. The molecule has 1 aromatic rings. The van der Waals surface area contributed by atoms with Gasteiger partial charge in [-0.1, -0.05) is 11.6 Å². The molecule has 6 heteroatoms. The molecule has 1 aromatic carbocycles. The SMILES string of the molecule is CCS(=O)(=O)Nc1ccc(Cl)c(F)c1. The Balaban J connectivity index is 2.94. The summed E-state index contributed by atoms with van der Waals surface area (Å²) in [4.78, 5) is 0. The van der Waals surface area contributed by atoms with Gasteiger partial charge in [-0.05, 0) is 25.1 Å². The summed E-state index contributed by atoms with van der Waals surface area (Å²) in [5, 5.41) is -0.0375. The summed E-state index contributed by atoms with van der Waals surface area (Å²) in [5.74, 6) is -0.708. The van der Waals surface area contributed by atoms with Gasteiger partial charge in [0.1, 0.15) is 5.82 Å². The second-order valence-corrected chi connectivity index (χ2v) is 5.05. The van der Waals surface area contributed by atoms with Gasteiger partial charge >= 0.3 is 0 Å². The van der Waals surface area contributed by atoms with Crippen molar-refractivity contribution < 1.29 is 12.8 Å². The van der Waals surface area contributed by atoms with Crippen molar-refractivity contribution in [1.82, 2.24) is 0 Å². The quantitative estimate of drug-likeness (QED) is 0.877. The van der Waals surface area contributed by atoms with Gasteiger partial charge in [-0.2, -0.15) is 0 Å². The molecule has 0 spiro atoms. The van der Waals surface area contributed by atoms with E-state index in [0.29, 0.717) is 0 Å². The molecule has 0 aliphatic carbocycles. The first kappa shape index (κ1) is 11.3. The van der Waals surface area contributed by atoms with Gasteiger partial charge in [-0.15, -0.1) is 0 Å². The Labute approximate surface area is 86.9 Å². The van der Waals surface area contributed by atoms with Crippen molar-refractivity contribution in [1.29, 1.82) is 0 Å². The third kappa shape index (κ3) is 2.85. The van der Waals surface area contributed by atoms with Crippen LogP contribution in [0.4, 0.5) is 10.1 Å². The minimum Gasteiger partial charge on any atom is -0.283 e. The van der Waals surface area contributed by atoms with Crippen LogP contribution in [0.2, 0.25) is 5.02 Å². The van der Waals surface area contributed by atoms with Crippen LogP contribution < -0.4 is 4.72 Å². The van der Waals surface area contributed by atoms with Crippen LogP contribution in [0.25, 0.3) is 0 Å². The zero-order chi connectivity index (χ0) is 10.8. The number of anilines is 1. The second-order valence-electron chi connectivity index (χ2n) is 2.63. The maximum atomic E-state index is 12.9. The van der Waals surface area contributed by atoms with Crippen molar-refractivity contribution in [2.75, 3.05) is 10.5 Å². The van der Waals surface area contributed by atoms with E-state index in [1.54, 1.807) is 0 Å². The van der Waals surface area contributed by atoms with E-state index in [1.807, 2.05) is 0 Å². The molecule has 0 saturated heterocycles. The predicted octanol–water partition coefficient (Wildman–Crippen LogP) is 2.24. The van der Waals surface area contributed by atoms with Crippen LogP contribution in [-0.2, 0) is 10.0 Å². The molecule has 0 radical (unpaired) electrons. The lowest BCUT2D eigenvalue weighted by molar-refractivity contribution is 0.602. The third-order valence-electron chi connectivity index (χ3n) is 1.57. The van der Waals surface area contributed by atoms with Gasteiger partial charge in [-0.3, -0.25) is 4.72 Å². The number of rotatable bonds is 3. The van der Waals surface area contributed by atoms with Crippen molar-refractivity contribution in [2.24, 2.45) is 0 Å². The van der Waals surface area contributed by atoms with Gasteiger partial charge < -0.3 is 0 Å². The molecule has 0 saturated carbocycles. The van der Waals surface area contributed by atoms with Gasteiger partial charge in [-0.25, -0.2) is 12.8 Å². The van der Waals surface area contributed by atoms with Crippen LogP contribution in [-0.4, -0.2) is 14.2 Å². The van der Waals surface area contributed by atoms with E-state index >= 15 is 0 Å². The highest BCUT2D eigenvalue weighted by molar-refractivity contribution is 7.92. The fourth-order valence-corrected chi connectivity index (χ4v) is 1.56. The van der Waals surface area contributed by atoms with Crippen molar-refractivity contribution in [3.8, 4) is 0 Å². The summed E-state index contributed by atoms with van der Waals surface area (Å²) in [7, 11) is -3.36. The highest BCUT2D eigenvalue weighted by atomic mass is 35.5. The van der Waals surface area contributed by atoms with Gasteiger partial charge in [0.2, 0.25) is 10.0 Å². The first-order valence-electron chi connectivity index (χ1n) is 3.90. The van der Waals surface area contributed by atoms with Crippen LogP contribution in [0.5, 0.6) is 0 Å². The number of benzene rings is 1. The molecule has 0 atom stereocenters. The Hall–Kier alpha value is -0.810. The summed E-state index contributed by atoms with van der Waals surface area (Å²) in [6.07, 6.45) is 0. The number of sulfonamides is 1. The van der Waals surface area contributed by atoms with Crippen molar-refractivity contribution >= 4 is 27.3 Å². The number of halogens is 2. The van der Waals surface area contributed by atoms with Crippen LogP contribution in [0.1, 0.15) is 6.92 Å². The largest absolute Gasteiger partial charge is 0.283 e. The van der Waals surface area contributed by atoms with Gasteiger partial charge in [0.05, 0.1) is 16.5 Å². The van der Waals surface area contributed by atoms with E-state index in [0.717, 1.165) is 6.07 Å². The Kier molecular flexibility index (Phi) is 3.34. The maximum absolute atomic E-state index is 12.9. The Morgan fingerprint density at radius 2 is 2.14 bits per heavy atom. The summed E-state index contributed by atoms with van der Waals surface area (Å²) in [6, 6.07) is 3.73. The third-order valence-corrected chi connectivity index (χ3v) is 3.19. The smallest absolute Gasteiger partial charge is 0.232 e. The average Bonchev–Trinajstić information content (AvgIpc) is 2.11. The van der Waals surface area contributed by atoms with Gasteiger partial charge in [0.15, 0.2) is 0 Å². The van der Waals surface area contributed by atoms with Crippen molar-refractivity contribution in [3.05, 3.63) is 29.0 Å². The lowest BCUT2D eigenvalue weighted by atomic mass is 10.3. The van der Waals surface area contributed by atoms with E-state index in [4.69, 9.17) is 11.6 Å². The van der Waals surface area contributed by atoms with E-state index in [9.17, 15) is 12.8 Å². The van der Waals surface area contributed by atoms with E-state index < -0.39 is 15.8 Å². The van der Waals surface area contributed by atoms with Gasteiger partial charge in [0.25, 0.3) is 0 Å². The van der Waals surface area contributed by atoms with E-state index in [1.165, 1.54) is 19.1 Å². The minimum absolute atomic E-state index is 0.0375. The molecule has 0 heterocycles. The Bertz CT molecular complexity index is 433. The molecule has 0 aliphatic rings. The van der Waals surface area contributed by atoms with Crippen LogP contribution in [0, 0.1) is 5.82 Å². The lowest BCUT2D eigenvalue weighted by Gasteiger charge is -2.05. The predicted molar refractivity (Wildman–Crippen MR) is 54.5 cm³/mol. The molecule has 78 valence electrons. The molecule has 1 N–H and O–H groups in total. The maximum Gasteiger partial charge on any atom is 0.232 e. The topological polar surface area (TPSA) is 46.2 Å². The van der Waals surface area contributed by atoms with E-state index in [-0.39, 0.29) is 16.5 Å². The molecule has 0 unspecified atom stereocenters. The molecular weight excluding hydrogens is 229 g/mol. The summed E-state index contributed by atoms with van der Waals surface area (Å²) in [5.41, 5.74) is 0.175. The number of hydrogen-bond acceptors (Lipinski definition) is 2. The monoisotopic (exact) mass is 237 g/mol. The summed E-state index contributed by atoms with van der Waals surface area (Å²) in [6.45, 7) is 1.49. The standard InChI is InChI=1S/C8H9ClFNO2S/c1-2-14(12,13)11-6-3-4-7(9)8(10)5-6/h3-5,11H,2H2,1H3. The van der Waals surface area contributed by atoms with E-state index in [2.05, 4.69) is 4.72 Å². The molecule has 3 nitrogen and oxygen atoms in total. The fourth-order valence-electron chi connectivity index (χ4n) is 0.811. The molecule has 1 rings (SSSR count). The zero-order valence-corrected chi connectivity index (χ0v) is 8.99. The summed E-state index contributed by atoms with van der Waals surface area (Å²) < 4.78 is 37.3. The highest BCUT2D eigenvalue weighted by Gasteiger charge is 2.08. The molecule has 0 bridgehead atoms. The number of hydrogen-bond donors (Lipinski definition) is 1. The molecule has 14 heavy (non-hydrogen) atoms. The first-order valence-corrected chi connectivity index (χ1v) is 5.93. The van der Waals surface area contributed by atoms with Crippen molar-refractivity contribution in [3.63, 3.8) is 0 Å². The van der Waals surface area contributed by atoms with Crippen LogP contribution in [0.3, 0.4) is 0 Å². The van der Waals surface area contributed by atoms with Crippen molar-refractivity contribution in [2.45, 2.75) is 6.92 Å². The Morgan fingerprint density at radius 1 is 1.50 bits per heavy atom. The second kappa shape index (κ2) is 4.14. The Morgan fingerprint density at radius 3 is 2.64 bits per heavy atom. The van der Waals surface area contributed by atoms with Gasteiger partial charge in [0, 0.05) is 0 Å². The normalized spacial score (nSPS) is 11.4. The number of nitrogens with one attached hydrogen (secondary N) is 1. The van der Waals surface area contributed by atoms with Crippen LogP contribution in [0.15, 0.2) is 18.2 Å². The molecule has 0 fully saturated rings. The summed E-state index contributed by atoms with van der Waals surface area (Å²) >= 11 is 5.43. The average molecular weight is 238 g/mol. The first-order chi connectivity index (χ1) is 6.44. The van der Waals surface area contributed by atoms with Crippen LogP contribution >= 0.6 is 11.6 Å². The molecule has 0 amide bonds. The fraction of sp³-hybridized carbons (Fsp3) is 0.250. The highest BCUT2D eigenvalue weighted by Crippen LogP contribution is 2.19. The zero-order valence-electron chi connectivity index (χ0n) is 7.42. The molecule has 0 aromatic heterocycles. The molecule has 0 aliphatic heterocycles. The minimum atomic E-state index is -3.36. The lowest BCUT2D eigenvalue weighted by Crippen LogP contribution is -2.14.